The van der Waals surface area contributed by atoms with Gasteiger partial charge in [0.15, 0.2) is 0 Å². The highest BCUT2D eigenvalue weighted by atomic mass is 16.5. The van der Waals surface area contributed by atoms with Crippen LogP contribution in [0.5, 0.6) is 0 Å². The monoisotopic (exact) mass is 176 g/mol. The predicted octanol–water partition coefficient (Wildman–Crippen LogP) is 1.20. The molecule has 0 aromatic rings. The van der Waals surface area contributed by atoms with Gasteiger partial charge in [0.2, 0.25) is 0 Å². The van der Waals surface area contributed by atoms with Crippen LogP contribution in [0.1, 0.15) is 26.7 Å². The summed E-state index contributed by atoms with van der Waals surface area (Å²) in [5.74, 6) is 0. The zero-order valence-corrected chi connectivity index (χ0v) is 8.08. The van der Waals surface area contributed by atoms with E-state index in [9.17, 15) is 0 Å². The molecule has 3 heteroatoms. The summed E-state index contributed by atoms with van der Waals surface area (Å²) in [7, 11) is 0. The van der Waals surface area contributed by atoms with Crippen LogP contribution in [0.15, 0.2) is 0 Å². The fourth-order valence-corrected chi connectivity index (χ4v) is 0.791. The minimum Gasteiger partial charge on any atom is -0.394 e. The summed E-state index contributed by atoms with van der Waals surface area (Å²) in [5.41, 5.74) is 0. The number of aliphatic hydroxyl groups excluding tert-OH is 1. The van der Waals surface area contributed by atoms with Crippen molar-refractivity contribution in [1.82, 2.24) is 0 Å². The van der Waals surface area contributed by atoms with E-state index in [1.165, 1.54) is 0 Å². The Balaban J connectivity index is 3.04. The van der Waals surface area contributed by atoms with Gasteiger partial charge in [-0.2, -0.15) is 0 Å². The van der Waals surface area contributed by atoms with Crippen molar-refractivity contribution in [2.45, 2.75) is 32.8 Å². The first-order chi connectivity index (χ1) is 5.81. The Bertz CT molecular complexity index is 75.8. The molecule has 12 heavy (non-hydrogen) atoms. The minimum atomic E-state index is 0.0850. The number of aliphatic hydroxyl groups is 1. The molecule has 0 radical (unpaired) electrons. The molecule has 0 rings (SSSR count). The maximum Gasteiger partial charge on any atom is 0.0780 e. The number of hydrogen-bond donors (Lipinski definition) is 1. The van der Waals surface area contributed by atoms with Crippen LogP contribution in [0.2, 0.25) is 0 Å². The Hall–Kier alpha value is -0.120. The van der Waals surface area contributed by atoms with Crippen LogP contribution in [0.3, 0.4) is 0 Å². The van der Waals surface area contributed by atoms with Crippen molar-refractivity contribution < 1.29 is 14.6 Å². The zero-order chi connectivity index (χ0) is 9.23. The molecule has 3 nitrogen and oxygen atoms in total. The Morgan fingerprint density at radius 2 is 2.08 bits per heavy atom. The Kier molecular flexibility index (Phi) is 8.88. The van der Waals surface area contributed by atoms with Crippen molar-refractivity contribution in [1.29, 1.82) is 0 Å². The maximum atomic E-state index is 8.43. The van der Waals surface area contributed by atoms with Gasteiger partial charge in [0.25, 0.3) is 0 Å². The van der Waals surface area contributed by atoms with Gasteiger partial charge in [-0.05, 0) is 13.3 Å². The van der Waals surface area contributed by atoms with E-state index in [0.29, 0.717) is 13.2 Å². The molecule has 0 aromatic heterocycles. The lowest BCUT2D eigenvalue weighted by Crippen LogP contribution is -2.17. The van der Waals surface area contributed by atoms with E-state index >= 15 is 0 Å². The van der Waals surface area contributed by atoms with Gasteiger partial charge in [-0.25, -0.2) is 0 Å². The molecule has 0 aliphatic rings. The largest absolute Gasteiger partial charge is 0.394 e. The fourth-order valence-electron chi connectivity index (χ4n) is 0.791. The molecule has 0 bridgehead atoms. The van der Waals surface area contributed by atoms with Crippen LogP contribution in [-0.2, 0) is 9.47 Å². The SMILES string of the molecule is CCCCOC(C)COCCO. The van der Waals surface area contributed by atoms with E-state index in [2.05, 4.69) is 6.92 Å². The molecule has 0 saturated heterocycles. The Labute approximate surface area is 74.7 Å². The van der Waals surface area contributed by atoms with Crippen molar-refractivity contribution in [3.63, 3.8) is 0 Å². The lowest BCUT2D eigenvalue weighted by Gasteiger charge is -2.12. The fraction of sp³-hybridized carbons (Fsp3) is 1.00. The van der Waals surface area contributed by atoms with Gasteiger partial charge >= 0.3 is 0 Å². The summed E-state index contributed by atoms with van der Waals surface area (Å²) in [5, 5.41) is 8.43. The molecular formula is C9H20O3. The van der Waals surface area contributed by atoms with Gasteiger partial charge in [-0.3, -0.25) is 0 Å². The quantitative estimate of drug-likeness (QED) is 0.565. The van der Waals surface area contributed by atoms with E-state index in [0.717, 1.165) is 19.4 Å². The van der Waals surface area contributed by atoms with E-state index in [1.54, 1.807) is 0 Å². The lowest BCUT2D eigenvalue weighted by atomic mass is 10.3. The molecule has 0 fully saturated rings. The first kappa shape index (κ1) is 11.9. The third kappa shape index (κ3) is 7.98. The first-order valence-electron chi connectivity index (χ1n) is 4.61. The highest BCUT2D eigenvalue weighted by Gasteiger charge is 2.00. The highest BCUT2D eigenvalue weighted by Crippen LogP contribution is 1.95. The van der Waals surface area contributed by atoms with Crippen molar-refractivity contribution in [3.05, 3.63) is 0 Å². The Morgan fingerprint density at radius 3 is 2.67 bits per heavy atom. The topological polar surface area (TPSA) is 38.7 Å². The Morgan fingerprint density at radius 1 is 1.33 bits per heavy atom. The number of hydrogen-bond acceptors (Lipinski definition) is 3. The molecule has 0 aliphatic heterocycles. The summed E-state index contributed by atoms with van der Waals surface area (Å²) in [6, 6.07) is 0. The van der Waals surface area contributed by atoms with Crippen LogP contribution in [-0.4, -0.2) is 37.6 Å². The van der Waals surface area contributed by atoms with Gasteiger partial charge in [-0.1, -0.05) is 13.3 Å². The number of ether oxygens (including phenoxy) is 2. The van der Waals surface area contributed by atoms with E-state index in [1.807, 2.05) is 6.92 Å². The highest BCUT2D eigenvalue weighted by molar-refractivity contribution is 4.46. The molecule has 0 heterocycles. The van der Waals surface area contributed by atoms with Crippen LogP contribution in [0.4, 0.5) is 0 Å². The molecular weight excluding hydrogens is 156 g/mol. The van der Waals surface area contributed by atoms with Gasteiger partial charge in [-0.15, -0.1) is 0 Å². The summed E-state index contributed by atoms with van der Waals surface area (Å²) in [4.78, 5) is 0. The van der Waals surface area contributed by atoms with E-state index in [-0.39, 0.29) is 12.7 Å². The van der Waals surface area contributed by atoms with Crippen molar-refractivity contribution >= 4 is 0 Å². The van der Waals surface area contributed by atoms with Crippen molar-refractivity contribution in [2.75, 3.05) is 26.4 Å². The maximum absolute atomic E-state index is 8.43. The molecule has 0 spiro atoms. The average molecular weight is 176 g/mol. The normalized spacial score (nSPS) is 13.2. The second-order valence-electron chi connectivity index (χ2n) is 2.83. The number of rotatable bonds is 8. The zero-order valence-electron chi connectivity index (χ0n) is 8.08. The minimum absolute atomic E-state index is 0.0850. The smallest absolute Gasteiger partial charge is 0.0780 e. The molecule has 0 saturated carbocycles. The molecule has 1 unspecified atom stereocenters. The second-order valence-corrected chi connectivity index (χ2v) is 2.83. The molecule has 1 N–H and O–H groups in total. The summed E-state index contributed by atoms with van der Waals surface area (Å²) < 4.78 is 10.5. The van der Waals surface area contributed by atoms with Gasteiger partial charge in [0.1, 0.15) is 0 Å². The molecule has 0 aliphatic carbocycles. The first-order valence-corrected chi connectivity index (χ1v) is 4.61. The predicted molar refractivity (Wildman–Crippen MR) is 48.2 cm³/mol. The van der Waals surface area contributed by atoms with Gasteiger partial charge in [0.05, 0.1) is 25.9 Å². The molecule has 74 valence electrons. The molecule has 1 atom stereocenters. The van der Waals surface area contributed by atoms with Crippen LogP contribution in [0.25, 0.3) is 0 Å². The van der Waals surface area contributed by atoms with E-state index in [4.69, 9.17) is 14.6 Å². The van der Waals surface area contributed by atoms with Crippen LogP contribution in [0, 0.1) is 0 Å². The third-order valence-electron chi connectivity index (χ3n) is 1.49. The van der Waals surface area contributed by atoms with Crippen molar-refractivity contribution in [2.24, 2.45) is 0 Å². The molecule has 0 amide bonds. The molecule has 0 aromatic carbocycles. The third-order valence-corrected chi connectivity index (χ3v) is 1.49. The standard InChI is InChI=1S/C9H20O3/c1-3-4-6-12-9(2)8-11-7-5-10/h9-10H,3-8H2,1-2H3. The number of unbranched alkanes of at least 4 members (excludes halogenated alkanes) is 1. The van der Waals surface area contributed by atoms with Crippen molar-refractivity contribution in [3.8, 4) is 0 Å². The second kappa shape index (κ2) is 8.97. The summed E-state index contributed by atoms with van der Waals surface area (Å²) in [6.07, 6.45) is 2.40. The van der Waals surface area contributed by atoms with E-state index < -0.39 is 0 Å². The lowest BCUT2D eigenvalue weighted by molar-refractivity contribution is -0.0153. The van der Waals surface area contributed by atoms with Crippen LogP contribution < -0.4 is 0 Å². The summed E-state index contributed by atoms with van der Waals surface area (Å²) in [6.45, 7) is 5.98. The summed E-state index contributed by atoms with van der Waals surface area (Å²) >= 11 is 0. The average Bonchev–Trinajstić information content (AvgIpc) is 2.06. The van der Waals surface area contributed by atoms with Gasteiger partial charge < -0.3 is 14.6 Å². The van der Waals surface area contributed by atoms with Crippen LogP contribution >= 0.6 is 0 Å². The van der Waals surface area contributed by atoms with Gasteiger partial charge in [0, 0.05) is 6.61 Å².